The van der Waals surface area contributed by atoms with Crippen LogP contribution in [0.25, 0.3) is 11.3 Å². The lowest BCUT2D eigenvalue weighted by molar-refractivity contribution is -0.116. The highest BCUT2D eigenvalue weighted by Crippen LogP contribution is 2.40. The van der Waals surface area contributed by atoms with E-state index in [9.17, 15) is 19.1 Å². The number of aromatic carboxylic acids is 1. The standard InChI is InChI=1S/C28H23FN4O4S/c29-19-7-9-20(10-8-19)31-24(34)13-15-33-26(25(32-28(33)38)21-6-1-2-14-30-21)23-12-11-22(37-23)17-4-3-5-18(16-17)27(35)36/h1-12,14,16,25-26H,13,15H2,(H,31,34)(H,32,38)(H,35,36)/t25-,26-/m0/s1. The minimum absolute atomic E-state index is 0.124. The monoisotopic (exact) mass is 530 g/mol. The lowest BCUT2D eigenvalue weighted by Crippen LogP contribution is -2.32. The Hall–Kier alpha value is -4.57. The minimum atomic E-state index is -1.02. The van der Waals surface area contributed by atoms with E-state index in [0.717, 1.165) is 5.69 Å². The molecular weight excluding hydrogens is 507 g/mol. The highest BCUT2D eigenvalue weighted by Gasteiger charge is 2.41. The number of carboxylic acids is 1. The van der Waals surface area contributed by atoms with Crippen LogP contribution in [-0.2, 0) is 4.79 Å². The first-order valence-corrected chi connectivity index (χ1v) is 12.3. The van der Waals surface area contributed by atoms with Crippen LogP contribution in [0.15, 0.2) is 89.5 Å². The van der Waals surface area contributed by atoms with Crippen molar-refractivity contribution in [3.63, 3.8) is 0 Å². The number of nitrogens with one attached hydrogen (secondary N) is 2. The summed E-state index contributed by atoms with van der Waals surface area (Å²) in [5.41, 5.74) is 2.04. The van der Waals surface area contributed by atoms with Gasteiger partial charge in [-0.3, -0.25) is 9.78 Å². The van der Waals surface area contributed by atoms with Gasteiger partial charge in [0.1, 0.15) is 23.4 Å². The molecule has 0 unspecified atom stereocenters. The maximum absolute atomic E-state index is 13.2. The number of nitrogens with zero attached hydrogens (tertiary/aromatic N) is 2. The molecular formula is C28H23FN4O4S. The van der Waals surface area contributed by atoms with Crippen molar-refractivity contribution in [3.05, 3.63) is 108 Å². The van der Waals surface area contributed by atoms with Gasteiger partial charge in [0.05, 0.1) is 17.3 Å². The number of furan rings is 1. The molecule has 1 fully saturated rings. The van der Waals surface area contributed by atoms with Gasteiger partial charge >= 0.3 is 5.97 Å². The van der Waals surface area contributed by atoms with Gasteiger partial charge in [0.2, 0.25) is 5.91 Å². The molecule has 1 saturated heterocycles. The molecule has 2 aromatic heterocycles. The Bertz CT molecular complexity index is 1480. The zero-order chi connectivity index (χ0) is 26.6. The predicted octanol–water partition coefficient (Wildman–Crippen LogP) is 5.18. The van der Waals surface area contributed by atoms with E-state index in [4.69, 9.17) is 16.6 Å². The summed E-state index contributed by atoms with van der Waals surface area (Å²) in [6, 6.07) is 20.5. The summed E-state index contributed by atoms with van der Waals surface area (Å²) in [7, 11) is 0. The van der Waals surface area contributed by atoms with Crippen LogP contribution in [0.2, 0.25) is 0 Å². The van der Waals surface area contributed by atoms with Crippen molar-refractivity contribution >= 4 is 34.9 Å². The number of amides is 1. The highest BCUT2D eigenvalue weighted by molar-refractivity contribution is 7.80. The fourth-order valence-corrected chi connectivity index (χ4v) is 4.74. The fraction of sp³-hybridized carbons (Fsp3) is 0.143. The van der Waals surface area contributed by atoms with Crippen LogP contribution in [0.1, 0.15) is 40.3 Å². The number of thiocarbonyl (C=S) groups is 1. The van der Waals surface area contributed by atoms with E-state index in [2.05, 4.69) is 15.6 Å². The second-order valence-corrected chi connectivity index (χ2v) is 9.10. The third-order valence-electron chi connectivity index (χ3n) is 6.22. The zero-order valence-electron chi connectivity index (χ0n) is 20.0. The number of carbonyl (C=O) groups is 2. The Balaban J connectivity index is 1.40. The first-order chi connectivity index (χ1) is 18.4. The minimum Gasteiger partial charge on any atom is -0.478 e. The molecule has 2 aromatic carbocycles. The summed E-state index contributed by atoms with van der Waals surface area (Å²) in [6.07, 6.45) is 1.82. The predicted molar refractivity (Wildman–Crippen MR) is 143 cm³/mol. The quantitative estimate of drug-likeness (QED) is 0.268. The first kappa shape index (κ1) is 25.1. The van der Waals surface area contributed by atoms with Gasteiger partial charge in [-0.15, -0.1) is 0 Å². The van der Waals surface area contributed by atoms with Crippen LogP contribution in [0.5, 0.6) is 0 Å². The Morgan fingerprint density at radius 3 is 2.63 bits per heavy atom. The number of halogens is 1. The molecule has 1 amide bonds. The Labute approximate surface area is 223 Å². The summed E-state index contributed by atoms with van der Waals surface area (Å²) in [5.74, 6) is -0.556. The third kappa shape index (κ3) is 5.40. The van der Waals surface area contributed by atoms with Crippen molar-refractivity contribution in [1.29, 1.82) is 0 Å². The van der Waals surface area contributed by atoms with Crippen LogP contribution < -0.4 is 10.6 Å². The Morgan fingerprint density at radius 2 is 1.89 bits per heavy atom. The maximum Gasteiger partial charge on any atom is 0.335 e. The number of carboxylic acid groups (broad SMARTS) is 1. The molecule has 3 N–H and O–H groups in total. The van der Waals surface area contributed by atoms with E-state index in [0.29, 0.717) is 27.9 Å². The van der Waals surface area contributed by atoms with Crippen LogP contribution in [0.3, 0.4) is 0 Å². The van der Waals surface area contributed by atoms with Gasteiger partial charge in [-0.05, 0) is 72.9 Å². The average molecular weight is 531 g/mol. The summed E-state index contributed by atoms with van der Waals surface area (Å²) in [6.45, 7) is 0.289. The number of hydrogen-bond donors (Lipinski definition) is 3. The SMILES string of the molecule is O=C(CCN1C(=S)N[C@@H](c2ccccn2)[C@@H]1c1ccc(-c2cccc(C(=O)O)c2)o1)Nc1ccc(F)cc1. The van der Waals surface area contributed by atoms with Gasteiger partial charge in [0.25, 0.3) is 0 Å². The highest BCUT2D eigenvalue weighted by atomic mass is 32.1. The molecule has 0 saturated carbocycles. The molecule has 0 spiro atoms. The molecule has 3 heterocycles. The van der Waals surface area contributed by atoms with Crippen LogP contribution >= 0.6 is 12.2 Å². The molecule has 8 nitrogen and oxygen atoms in total. The van der Waals surface area contributed by atoms with E-state index in [1.807, 2.05) is 29.2 Å². The summed E-state index contributed by atoms with van der Waals surface area (Å²) >= 11 is 5.64. The molecule has 1 aliphatic rings. The van der Waals surface area contributed by atoms with E-state index in [1.54, 1.807) is 30.5 Å². The molecule has 2 atom stereocenters. The number of benzene rings is 2. The molecule has 1 aliphatic heterocycles. The molecule has 4 aromatic rings. The van der Waals surface area contributed by atoms with Crippen molar-refractivity contribution in [2.75, 3.05) is 11.9 Å². The van der Waals surface area contributed by atoms with Gasteiger partial charge < -0.3 is 25.1 Å². The van der Waals surface area contributed by atoms with Gasteiger partial charge in [-0.1, -0.05) is 18.2 Å². The lowest BCUT2D eigenvalue weighted by atomic mass is 10.0. The molecule has 0 aliphatic carbocycles. The third-order valence-corrected chi connectivity index (χ3v) is 6.57. The summed E-state index contributed by atoms with van der Waals surface area (Å²) < 4.78 is 19.4. The average Bonchev–Trinajstić information content (AvgIpc) is 3.54. The van der Waals surface area contributed by atoms with Crippen LogP contribution in [-0.4, -0.2) is 38.5 Å². The molecule has 192 valence electrons. The van der Waals surface area contributed by atoms with E-state index < -0.39 is 12.0 Å². The molecule has 0 radical (unpaired) electrons. The van der Waals surface area contributed by atoms with Gasteiger partial charge in [-0.25, -0.2) is 9.18 Å². The van der Waals surface area contributed by atoms with E-state index in [1.165, 1.54) is 30.3 Å². The van der Waals surface area contributed by atoms with Gasteiger partial charge in [-0.2, -0.15) is 0 Å². The van der Waals surface area contributed by atoms with Crippen molar-refractivity contribution in [2.24, 2.45) is 0 Å². The van der Waals surface area contributed by atoms with Crippen molar-refractivity contribution < 1.29 is 23.5 Å². The largest absolute Gasteiger partial charge is 0.478 e. The number of hydrogen-bond acceptors (Lipinski definition) is 5. The van der Waals surface area contributed by atoms with E-state index >= 15 is 0 Å². The van der Waals surface area contributed by atoms with Crippen LogP contribution in [0, 0.1) is 5.82 Å². The Morgan fingerprint density at radius 1 is 1.08 bits per heavy atom. The molecule has 10 heteroatoms. The van der Waals surface area contributed by atoms with Crippen molar-refractivity contribution in [3.8, 4) is 11.3 Å². The number of pyridine rings is 1. The van der Waals surface area contributed by atoms with Crippen LogP contribution in [0.4, 0.5) is 10.1 Å². The molecule has 0 bridgehead atoms. The second kappa shape index (κ2) is 10.8. The Kier molecular flexibility index (Phi) is 7.14. The fourth-order valence-electron chi connectivity index (χ4n) is 4.41. The van der Waals surface area contributed by atoms with Gasteiger partial charge in [0, 0.05) is 30.4 Å². The smallest absolute Gasteiger partial charge is 0.335 e. The lowest BCUT2D eigenvalue weighted by Gasteiger charge is -2.25. The van der Waals surface area contributed by atoms with Gasteiger partial charge in [0.15, 0.2) is 5.11 Å². The number of rotatable bonds is 8. The molecule has 5 rings (SSSR count). The second-order valence-electron chi connectivity index (χ2n) is 8.71. The zero-order valence-corrected chi connectivity index (χ0v) is 20.8. The topological polar surface area (TPSA) is 108 Å². The summed E-state index contributed by atoms with van der Waals surface area (Å²) in [5, 5.41) is 15.9. The summed E-state index contributed by atoms with van der Waals surface area (Å²) in [4.78, 5) is 30.4. The normalized spacial score (nSPS) is 16.8. The molecule has 38 heavy (non-hydrogen) atoms. The first-order valence-electron chi connectivity index (χ1n) is 11.9. The van der Waals surface area contributed by atoms with Crippen molar-refractivity contribution in [2.45, 2.75) is 18.5 Å². The number of carbonyl (C=O) groups excluding carboxylic acids is 1. The van der Waals surface area contributed by atoms with Crippen molar-refractivity contribution in [1.82, 2.24) is 15.2 Å². The number of anilines is 1. The van der Waals surface area contributed by atoms with E-state index in [-0.39, 0.29) is 36.3 Å². The number of aromatic nitrogens is 1. The maximum atomic E-state index is 13.2.